The van der Waals surface area contributed by atoms with Crippen LogP contribution in [0.1, 0.15) is 19.3 Å². The largest absolute Gasteiger partial charge is 0.327 e. The summed E-state index contributed by atoms with van der Waals surface area (Å²) >= 11 is 0. The topological polar surface area (TPSA) is 55.1 Å². The molecule has 3 N–H and O–H groups in total. The average Bonchev–Trinajstić information content (AvgIpc) is 2.97. The molecule has 10 heteroatoms. The van der Waals surface area contributed by atoms with Gasteiger partial charge in [-0.15, -0.1) is 12.4 Å². The molecule has 24 heavy (non-hydrogen) atoms. The van der Waals surface area contributed by atoms with E-state index in [4.69, 9.17) is 5.73 Å². The van der Waals surface area contributed by atoms with Crippen LogP contribution in [0.15, 0.2) is 29.2 Å². The zero-order valence-electron chi connectivity index (χ0n) is 12.4. The Morgan fingerprint density at radius 3 is 2.29 bits per heavy atom. The van der Waals surface area contributed by atoms with Gasteiger partial charge in [0.05, 0.1) is 5.92 Å². The summed E-state index contributed by atoms with van der Waals surface area (Å²) in [6.45, 7) is 0. The van der Waals surface area contributed by atoms with E-state index in [0.717, 1.165) is 31.4 Å². The van der Waals surface area contributed by atoms with Crippen molar-refractivity contribution in [3.63, 3.8) is 0 Å². The fraction of sp³-hybridized carbons (Fsp3) is 0.500. The van der Waals surface area contributed by atoms with Crippen molar-refractivity contribution in [1.82, 2.24) is 0 Å². The maximum Gasteiger partial charge on any atom is 0.310 e. The van der Waals surface area contributed by atoms with E-state index in [-0.39, 0.29) is 42.0 Å². The Kier molecular flexibility index (Phi) is 4.19. The van der Waals surface area contributed by atoms with Crippen LogP contribution in [0.2, 0.25) is 0 Å². The van der Waals surface area contributed by atoms with E-state index in [1.165, 1.54) is 0 Å². The van der Waals surface area contributed by atoms with E-state index in [9.17, 15) is 24.2 Å². The molecule has 2 aliphatic rings. The molecule has 0 spiro atoms. The van der Waals surface area contributed by atoms with Gasteiger partial charge in [-0.1, -0.05) is 25.5 Å². The van der Waals surface area contributed by atoms with Gasteiger partial charge in [-0.3, -0.25) is 4.79 Å². The lowest BCUT2D eigenvalue weighted by molar-refractivity contribution is -0.121. The highest BCUT2D eigenvalue weighted by Crippen LogP contribution is 3.02. The van der Waals surface area contributed by atoms with Crippen molar-refractivity contribution in [1.29, 1.82) is 0 Å². The minimum Gasteiger partial charge on any atom is -0.327 e. The van der Waals surface area contributed by atoms with Crippen LogP contribution < -0.4 is 11.1 Å². The van der Waals surface area contributed by atoms with E-state index in [0.29, 0.717) is 6.07 Å². The van der Waals surface area contributed by atoms with Crippen LogP contribution in [0.25, 0.3) is 0 Å². The third-order valence-corrected chi connectivity index (χ3v) is 5.98. The number of hydrogen-bond acceptors (Lipinski definition) is 2. The zero-order chi connectivity index (χ0) is 17.1. The van der Waals surface area contributed by atoms with Crippen molar-refractivity contribution < 1.29 is 24.2 Å². The maximum absolute atomic E-state index is 12.8. The smallest absolute Gasteiger partial charge is 0.310 e. The summed E-state index contributed by atoms with van der Waals surface area (Å²) in [6, 6.07) is 2.26. The summed E-state index contributed by atoms with van der Waals surface area (Å²) in [5.74, 6) is -0.595. The molecule has 0 saturated heterocycles. The summed E-state index contributed by atoms with van der Waals surface area (Å²) in [7, 11) is -9.76. The summed E-state index contributed by atoms with van der Waals surface area (Å²) < 4.78 is 64.1. The second kappa shape index (κ2) is 5.22. The zero-order valence-corrected chi connectivity index (χ0v) is 14.1. The molecule has 0 aromatic heterocycles. The van der Waals surface area contributed by atoms with Crippen LogP contribution in [-0.2, 0) is 4.79 Å². The molecule has 1 amide bonds. The molecular weight excluding hydrogens is 375 g/mol. The van der Waals surface area contributed by atoms with E-state index < -0.39 is 26.9 Å². The van der Waals surface area contributed by atoms with Gasteiger partial charge in [0.1, 0.15) is 4.90 Å². The maximum atomic E-state index is 12.8. The average molecular weight is 393 g/mol. The highest BCUT2D eigenvalue weighted by molar-refractivity contribution is 8.45. The van der Waals surface area contributed by atoms with Crippen molar-refractivity contribution in [3.05, 3.63) is 24.3 Å². The van der Waals surface area contributed by atoms with Gasteiger partial charge in [-0.2, -0.15) is 0 Å². The second-order valence-corrected chi connectivity index (χ2v) is 8.83. The first-order chi connectivity index (χ1) is 10.3. The Balaban J connectivity index is 0.00000208. The first-order valence-electron chi connectivity index (χ1n) is 7.26. The molecule has 4 atom stereocenters. The molecule has 2 aliphatic carbocycles. The molecule has 0 heterocycles. The molecule has 4 unspecified atom stereocenters. The Labute approximate surface area is 142 Å². The van der Waals surface area contributed by atoms with Gasteiger partial charge in [0.25, 0.3) is 0 Å². The monoisotopic (exact) mass is 392 g/mol. The van der Waals surface area contributed by atoms with Crippen molar-refractivity contribution >= 4 is 34.2 Å². The number of carbonyl (C=O) groups excluding carboxylic acids is 1. The summed E-state index contributed by atoms with van der Waals surface area (Å²) in [6.07, 6.45) is 2.65. The molecule has 3 nitrogen and oxygen atoms in total. The SMILES string of the molecule is Cl.NC1C2CCC(C2)C1C(=O)Nc1cccc(S(F)(F)(F)(F)F)c1. The molecule has 2 bridgehead atoms. The number of benzene rings is 1. The highest BCUT2D eigenvalue weighted by atomic mass is 35.5. The number of nitrogens with one attached hydrogen (secondary N) is 1. The van der Waals surface area contributed by atoms with Gasteiger partial charge in [0.2, 0.25) is 5.91 Å². The minimum absolute atomic E-state index is 0. The van der Waals surface area contributed by atoms with E-state index in [1.807, 2.05) is 0 Å². The van der Waals surface area contributed by atoms with E-state index in [1.54, 1.807) is 0 Å². The predicted octanol–water partition coefficient (Wildman–Crippen LogP) is 5.08. The molecule has 0 aliphatic heterocycles. The Morgan fingerprint density at radius 2 is 1.75 bits per heavy atom. The quantitative estimate of drug-likeness (QED) is 0.705. The number of nitrogens with two attached hydrogens (primary N) is 1. The molecule has 2 fully saturated rings. The molecule has 2 saturated carbocycles. The number of hydrogen-bond donors (Lipinski definition) is 2. The molecule has 3 rings (SSSR count). The number of halogens is 6. The lowest BCUT2D eigenvalue weighted by Crippen LogP contribution is -2.42. The Morgan fingerprint density at radius 1 is 1.12 bits per heavy atom. The fourth-order valence-corrected chi connectivity index (χ4v) is 4.45. The van der Waals surface area contributed by atoms with E-state index >= 15 is 0 Å². The van der Waals surface area contributed by atoms with Crippen LogP contribution in [0.4, 0.5) is 25.1 Å². The van der Waals surface area contributed by atoms with Gasteiger partial charge < -0.3 is 11.1 Å². The highest BCUT2D eigenvalue weighted by Gasteiger charge is 2.65. The summed E-state index contributed by atoms with van der Waals surface area (Å²) in [4.78, 5) is 10.3. The number of anilines is 1. The molecule has 1 aromatic rings. The van der Waals surface area contributed by atoms with Gasteiger partial charge in [-0.25, -0.2) is 0 Å². The van der Waals surface area contributed by atoms with Gasteiger partial charge in [-0.05, 0) is 49.3 Å². The Bertz CT molecular complexity index is 667. The molecule has 0 radical (unpaired) electrons. The first-order valence-corrected chi connectivity index (χ1v) is 9.21. The van der Waals surface area contributed by atoms with Gasteiger partial charge in [0, 0.05) is 11.7 Å². The minimum atomic E-state index is -9.76. The first kappa shape index (κ1) is 19.3. The van der Waals surface area contributed by atoms with Crippen LogP contribution >= 0.6 is 22.6 Å². The summed E-state index contributed by atoms with van der Waals surface area (Å²) in [5.41, 5.74) is 5.71. The van der Waals surface area contributed by atoms with Crippen molar-refractivity contribution in [2.75, 3.05) is 5.32 Å². The number of fused-ring (bicyclic) bond motifs is 2. The standard InChI is InChI=1S/C14H17F5N2OS.ClH/c15-23(16,17,18,19)11-3-1-2-10(7-11)21-14(22)12-8-4-5-9(6-8)13(12)20;/h1-3,7-9,12-13H,4-6,20H2,(H,21,22);1H. The van der Waals surface area contributed by atoms with E-state index in [2.05, 4.69) is 5.32 Å². The Hall–Kier alpha value is -1.06. The molecular formula is C14H18ClF5N2OS. The van der Waals surface area contributed by atoms with Crippen molar-refractivity contribution in [3.8, 4) is 0 Å². The van der Waals surface area contributed by atoms with Crippen LogP contribution in [-0.4, -0.2) is 11.9 Å². The second-order valence-electron chi connectivity index (χ2n) is 6.42. The molecule has 138 valence electrons. The lowest BCUT2D eigenvalue weighted by atomic mass is 9.84. The fourth-order valence-electron chi connectivity index (χ4n) is 3.76. The van der Waals surface area contributed by atoms with Crippen molar-refractivity contribution in [2.45, 2.75) is 30.2 Å². The lowest BCUT2D eigenvalue weighted by Gasteiger charge is -2.40. The third-order valence-electron chi connectivity index (χ3n) is 4.83. The predicted molar refractivity (Wildman–Crippen MR) is 86.0 cm³/mol. The van der Waals surface area contributed by atoms with Crippen molar-refractivity contribution in [2.24, 2.45) is 23.5 Å². The van der Waals surface area contributed by atoms with Gasteiger partial charge in [0.15, 0.2) is 0 Å². The molecule has 1 aromatic carbocycles. The normalized spacial score (nSPS) is 31.8. The third kappa shape index (κ3) is 3.62. The number of amides is 1. The van der Waals surface area contributed by atoms with Crippen LogP contribution in [0, 0.1) is 17.8 Å². The van der Waals surface area contributed by atoms with Gasteiger partial charge >= 0.3 is 10.2 Å². The number of carbonyl (C=O) groups is 1. The van der Waals surface area contributed by atoms with Crippen LogP contribution in [0.3, 0.4) is 0 Å². The summed E-state index contributed by atoms with van der Waals surface area (Å²) in [5, 5.41) is 2.31. The number of rotatable bonds is 3. The van der Waals surface area contributed by atoms with Crippen LogP contribution in [0.5, 0.6) is 0 Å².